The molecule has 0 heterocycles. The van der Waals surface area contributed by atoms with Crippen LogP contribution in [0.25, 0.3) is 0 Å². The van der Waals surface area contributed by atoms with Gasteiger partial charge in [0, 0.05) is 31.1 Å². The first-order valence-corrected chi connectivity index (χ1v) is 22.2. The number of carbonyl (C=O) groups is 3. The summed E-state index contributed by atoms with van der Waals surface area (Å²) in [6.45, 7) is 6.37. The predicted octanol–water partition coefficient (Wildman–Crippen LogP) is 12.2. The summed E-state index contributed by atoms with van der Waals surface area (Å²) in [4.78, 5) is 39.4. The summed E-state index contributed by atoms with van der Waals surface area (Å²) in [5, 5.41) is 0.794. The van der Waals surface area contributed by atoms with Gasteiger partial charge in [0.1, 0.15) is 13.2 Å². The fourth-order valence-electron chi connectivity index (χ4n) is 6.96. The highest BCUT2D eigenvalue weighted by Gasteiger charge is 2.31. The van der Waals surface area contributed by atoms with Crippen LogP contribution in [0.3, 0.4) is 0 Å². The minimum atomic E-state index is -0.0868. The van der Waals surface area contributed by atoms with Crippen molar-refractivity contribution in [2.45, 2.75) is 192 Å². The van der Waals surface area contributed by atoms with Crippen LogP contribution in [-0.4, -0.2) is 61.1 Å². The smallest absolute Gasteiger partial charge is 0.306 e. The van der Waals surface area contributed by atoms with Crippen LogP contribution in [0.1, 0.15) is 187 Å². The highest BCUT2D eigenvalue weighted by molar-refractivity contribution is 8.14. The van der Waals surface area contributed by atoms with E-state index in [2.05, 4.69) is 45.0 Å². The third kappa shape index (κ3) is 30.6. The Morgan fingerprint density at radius 1 is 0.608 bits per heavy atom. The number of thioether (sulfide) groups is 1. The van der Waals surface area contributed by atoms with E-state index in [1.807, 2.05) is 12.2 Å². The SMILES string of the molecule is CCCCCC/C=C\COC(=O)CCCCCCCC(CCCCCCCC(=O)OC/C=C\CCCCCC)SC(=O)CC1CC(CN(C)C)C1. The molecule has 0 saturated heterocycles. The molecule has 1 saturated carbocycles. The maximum atomic E-state index is 13.0. The molecule has 0 radical (unpaired) electrons. The normalized spacial score (nSPS) is 16.0. The molecule has 0 aromatic carbocycles. The Morgan fingerprint density at radius 3 is 1.53 bits per heavy atom. The lowest BCUT2D eigenvalue weighted by atomic mass is 9.73. The van der Waals surface area contributed by atoms with Crippen molar-refractivity contribution in [2.24, 2.45) is 11.8 Å². The van der Waals surface area contributed by atoms with E-state index in [1.54, 1.807) is 11.8 Å². The number of unbranched alkanes of at least 4 members (excludes halogenated alkanes) is 16. The first kappa shape index (κ1) is 47.4. The topological polar surface area (TPSA) is 72.9 Å². The molecule has 0 unspecified atom stereocenters. The first-order valence-electron chi connectivity index (χ1n) is 21.3. The van der Waals surface area contributed by atoms with Gasteiger partial charge in [0.2, 0.25) is 0 Å². The van der Waals surface area contributed by atoms with Crippen molar-refractivity contribution in [1.29, 1.82) is 0 Å². The van der Waals surface area contributed by atoms with E-state index in [-0.39, 0.29) is 11.9 Å². The first-order chi connectivity index (χ1) is 24.8. The van der Waals surface area contributed by atoms with Gasteiger partial charge in [-0.1, -0.05) is 140 Å². The Hall–Kier alpha value is -1.60. The standard InChI is InChI=1S/C44H79NO5S/c1-5-7-9-11-13-21-27-33-49-42(46)31-25-19-15-17-23-29-41(51-44(48)37-39-35-40(36-39)38-45(3)4)30-24-18-16-20-26-32-43(47)50-34-28-22-14-12-10-8-6-2/h21-22,27-28,39-41H,5-20,23-26,29-38H2,1-4H3/b27-21-,28-22-. The molecule has 0 spiro atoms. The minimum absolute atomic E-state index is 0.0868. The number of allylic oxidation sites excluding steroid dienone is 2. The van der Waals surface area contributed by atoms with Crippen LogP contribution in [0, 0.1) is 11.8 Å². The van der Waals surface area contributed by atoms with Crippen molar-refractivity contribution in [3.63, 3.8) is 0 Å². The van der Waals surface area contributed by atoms with Gasteiger partial charge in [-0.2, -0.15) is 0 Å². The quantitative estimate of drug-likeness (QED) is 0.0365. The molecule has 0 aliphatic heterocycles. The van der Waals surface area contributed by atoms with E-state index in [9.17, 15) is 14.4 Å². The monoisotopic (exact) mass is 734 g/mol. The lowest BCUT2D eigenvalue weighted by Gasteiger charge is -2.36. The van der Waals surface area contributed by atoms with Crippen LogP contribution in [0.15, 0.2) is 24.3 Å². The average Bonchev–Trinajstić information content (AvgIpc) is 3.08. The second-order valence-corrected chi connectivity index (χ2v) is 16.8. The van der Waals surface area contributed by atoms with E-state index < -0.39 is 0 Å². The van der Waals surface area contributed by atoms with Crippen molar-refractivity contribution in [3.8, 4) is 0 Å². The zero-order chi connectivity index (χ0) is 37.2. The van der Waals surface area contributed by atoms with E-state index in [0.717, 1.165) is 109 Å². The van der Waals surface area contributed by atoms with Gasteiger partial charge in [-0.25, -0.2) is 0 Å². The lowest BCUT2D eigenvalue weighted by molar-refractivity contribution is -0.143. The molecule has 1 fully saturated rings. The Kier molecular flexibility index (Phi) is 31.8. The van der Waals surface area contributed by atoms with Crippen molar-refractivity contribution < 1.29 is 23.9 Å². The fraction of sp³-hybridized carbons (Fsp3) is 0.841. The predicted molar refractivity (Wildman–Crippen MR) is 218 cm³/mol. The van der Waals surface area contributed by atoms with Gasteiger partial charge in [-0.3, -0.25) is 14.4 Å². The third-order valence-electron chi connectivity index (χ3n) is 9.99. The van der Waals surface area contributed by atoms with Gasteiger partial charge in [-0.05, 0) is 90.1 Å². The molecule has 0 amide bonds. The van der Waals surface area contributed by atoms with E-state index in [0.29, 0.717) is 42.3 Å². The molecule has 0 N–H and O–H groups in total. The zero-order valence-electron chi connectivity index (χ0n) is 33.7. The van der Waals surface area contributed by atoms with Crippen molar-refractivity contribution in [2.75, 3.05) is 33.9 Å². The molecule has 0 bridgehead atoms. The van der Waals surface area contributed by atoms with Crippen molar-refractivity contribution in [3.05, 3.63) is 24.3 Å². The second-order valence-electron chi connectivity index (χ2n) is 15.4. The van der Waals surface area contributed by atoms with Crippen LogP contribution in [0.5, 0.6) is 0 Å². The summed E-state index contributed by atoms with van der Waals surface area (Å²) in [5.41, 5.74) is 0. The molecule has 1 rings (SSSR count). The highest BCUT2D eigenvalue weighted by atomic mass is 32.2. The summed E-state index contributed by atoms with van der Waals surface area (Å²) in [7, 11) is 4.27. The summed E-state index contributed by atoms with van der Waals surface area (Å²) < 4.78 is 10.7. The van der Waals surface area contributed by atoms with Crippen molar-refractivity contribution in [1.82, 2.24) is 4.90 Å². The summed E-state index contributed by atoms with van der Waals surface area (Å²) in [6, 6.07) is 0. The number of carbonyl (C=O) groups excluding carboxylic acids is 3. The Morgan fingerprint density at radius 2 is 1.06 bits per heavy atom. The summed E-state index contributed by atoms with van der Waals surface area (Å²) in [6.07, 6.45) is 37.5. The molecule has 0 aromatic heterocycles. The van der Waals surface area contributed by atoms with Gasteiger partial charge < -0.3 is 14.4 Å². The van der Waals surface area contributed by atoms with E-state index >= 15 is 0 Å². The Bertz CT molecular complexity index is 861. The number of nitrogens with zero attached hydrogens (tertiary/aromatic N) is 1. The van der Waals surface area contributed by atoms with Gasteiger partial charge in [0.05, 0.1) is 0 Å². The third-order valence-corrected chi connectivity index (χ3v) is 11.2. The number of esters is 2. The van der Waals surface area contributed by atoms with Crippen LogP contribution in [0.4, 0.5) is 0 Å². The molecule has 296 valence electrons. The maximum absolute atomic E-state index is 13.0. The summed E-state index contributed by atoms with van der Waals surface area (Å²) >= 11 is 1.63. The minimum Gasteiger partial charge on any atom is -0.461 e. The highest BCUT2D eigenvalue weighted by Crippen LogP contribution is 2.38. The molecule has 1 aliphatic carbocycles. The number of ether oxygens (including phenoxy) is 2. The fourth-order valence-corrected chi connectivity index (χ4v) is 8.23. The van der Waals surface area contributed by atoms with Gasteiger partial charge in [0.15, 0.2) is 5.12 Å². The summed E-state index contributed by atoms with van der Waals surface area (Å²) in [5.74, 6) is 1.16. The molecule has 51 heavy (non-hydrogen) atoms. The molecule has 0 aromatic rings. The van der Waals surface area contributed by atoms with Crippen LogP contribution in [-0.2, 0) is 23.9 Å². The lowest BCUT2D eigenvalue weighted by Crippen LogP contribution is -2.33. The Balaban J connectivity index is 2.23. The van der Waals surface area contributed by atoms with E-state index in [4.69, 9.17) is 9.47 Å². The Labute approximate surface area is 319 Å². The average molecular weight is 734 g/mol. The van der Waals surface area contributed by atoms with Gasteiger partial charge in [0.25, 0.3) is 0 Å². The largest absolute Gasteiger partial charge is 0.461 e. The molecule has 7 heteroatoms. The maximum Gasteiger partial charge on any atom is 0.306 e. The second kappa shape index (κ2) is 34.2. The van der Waals surface area contributed by atoms with Crippen molar-refractivity contribution >= 4 is 28.8 Å². The molecule has 0 atom stereocenters. The molecular weight excluding hydrogens is 655 g/mol. The number of hydrogen-bond acceptors (Lipinski definition) is 7. The zero-order valence-corrected chi connectivity index (χ0v) is 34.5. The number of rotatable bonds is 35. The molecular formula is C44H79NO5S. The van der Waals surface area contributed by atoms with Crippen LogP contribution < -0.4 is 0 Å². The van der Waals surface area contributed by atoms with Gasteiger partial charge in [-0.15, -0.1) is 0 Å². The van der Waals surface area contributed by atoms with Crippen LogP contribution in [0.2, 0.25) is 0 Å². The van der Waals surface area contributed by atoms with E-state index in [1.165, 1.54) is 64.2 Å². The van der Waals surface area contributed by atoms with Gasteiger partial charge >= 0.3 is 11.9 Å². The van der Waals surface area contributed by atoms with Crippen LogP contribution >= 0.6 is 11.8 Å². The number of hydrogen-bond donors (Lipinski definition) is 0. The molecule has 1 aliphatic rings. The molecule has 6 nitrogen and oxygen atoms in total.